The van der Waals surface area contributed by atoms with Gasteiger partial charge in [0.1, 0.15) is 10.7 Å². The average Bonchev–Trinajstić information content (AvgIpc) is 2.33. The maximum atomic E-state index is 13.5. The topological polar surface area (TPSA) is 90.6 Å². The van der Waals surface area contributed by atoms with Gasteiger partial charge in [-0.05, 0) is 18.2 Å². The van der Waals surface area contributed by atoms with Crippen molar-refractivity contribution in [2.45, 2.75) is 4.90 Å². The number of nitrogen functional groups attached to an aromatic ring is 1. The Morgan fingerprint density at radius 2 is 2.05 bits per heavy atom. The molecule has 19 heavy (non-hydrogen) atoms. The van der Waals surface area contributed by atoms with Gasteiger partial charge >= 0.3 is 0 Å². The first-order valence-corrected chi connectivity index (χ1v) is 7.07. The average molecular weight is 292 g/mol. The minimum absolute atomic E-state index is 0.0515. The summed E-state index contributed by atoms with van der Waals surface area (Å²) in [5, 5.41) is 0. The van der Waals surface area contributed by atoms with Gasteiger partial charge in [-0.15, -0.1) is 0 Å². The summed E-state index contributed by atoms with van der Waals surface area (Å²) in [5.74, 6) is -0.882. The van der Waals surface area contributed by atoms with Crippen LogP contribution < -0.4 is 10.5 Å². The molecule has 1 aromatic carbocycles. The molecule has 1 rings (SSSR count). The molecule has 0 atom stereocenters. The van der Waals surface area contributed by atoms with Gasteiger partial charge in [-0.1, -0.05) is 0 Å². The lowest BCUT2D eigenvalue weighted by Crippen LogP contribution is -2.28. The summed E-state index contributed by atoms with van der Waals surface area (Å²) in [4.78, 5) is -0.432. The summed E-state index contributed by atoms with van der Waals surface area (Å²) in [6.07, 6.45) is 0. The van der Waals surface area contributed by atoms with Crippen LogP contribution in [0, 0.1) is 5.82 Å². The smallest absolute Gasteiger partial charge is 0.243 e. The Bertz CT molecular complexity index is 507. The maximum Gasteiger partial charge on any atom is 0.243 e. The van der Waals surface area contributed by atoms with Gasteiger partial charge in [0.05, 0.1) is 19.8 Å². The summed E-state index contributed by atoms with van der Waals surface area (Å²) in [7, 11) is -2.35. The van der Waals surface area contributed by atoms with Crippen molar-refractivity contribution < 1.29 is 22.3 Å². The Morgan fingerprint density at radius 3 is 2.68 bits per heavy atom. The number of benzene rings is 1. The van der Waals surface area contributed by atoms with Gasteiger partial charge in [-0.3, -0.25) is 0 Å². The van der Waals surface area contributed by atoms with Gasteiger partial charge in [0.15, 0.2) is 0 Å². The van der Waals surface area contributed by atoms with E-state index < -0.39 is 20.7 Å². The fourth-order valence-corrected chi connectivity index (χ4v) is 2.38. The molecule has 0 heterocycles. The Morgan fingerprint density at radius 1 is 1.32 bits per heavy atom. The van der Waals surface area contributed by atoms with E-state index in [4.69, 9.17) is 15.2 Å². The molecule has 1 aromatic rings. The second-order valence-electron chi connectivity index (χ2n) is 3.69. The molecule has 0 spiro atoms. The van der Waals surface area contributed by atoms with Crippen LogP contribution in [0.1, 0.15) is 0 Å². The number of nitrogens with two attached hydrogens (primary N) is 1. The predicted octanol–water partition coefficient (Wildman–Crippen LogP) is 0.349. The first-order chi connectivity index (χ1) is 8.97. The first-order valence-electron chi connectivity index (χ1n) is 5.59. The van der Waals surface area contributed by atoms with Crippen molar-refractivity contribution in [1.29, 1.82) is 0 Å². The predicted molar refractivity (Wildman–Crippen MR) is 68.7 cm³/mol. The fraction of sp³-hybridized carbons (Fsp3) is 0.455. The number of ether oxygens (including phenoxy) is 2. The third-order valence-corrected chi connectivity index (χ3v) is 3.71. The minimum atomic E-state index is -3.89. The van der Waals surface area contributed by atoms with Crippen LogP contribution >= 0.6 is 0 Å². The summed E-state index contributed by atoms with van der Waals surface area (Å²) in [6.45, 7) is 1.03. The Hall–Kier alpha value is -1.22. The van der Waals surface area contributed by atoms with Crippen molar-refractivity contribution >= 4 is 15.7 Å². The van der Waals surface area contributed by atoms with Gasteiger partial charge < -0.3 is 15.2 Å². The van der Waals surface area contributed by atoms with E-state index in [-0.39, 0.29) is 18.8 Å². The van der Waals surface area contributed by atoms with Crippen LogP contribution in [0.15, 0.2) is 23.1 Å². The normalized spacial score (nSPS) is 11.7. The van der Waals surface area contributed by atoms with Gasteiger partial charge in [0.2, 0.25) is 10.0 Å². The van der Waals surface area contributed by atoms with Crippen molar-refractivity contribution in [3.63, 3.8) is 0 Å². The third kappa shape index (κ3) is 5.11. The largest absolute Gasteiger partial charge is 0.399 e. The summed E-state index contributed by atoms with van der Waals surface area (Å²) in [5.41, 5.74) is 5.52. The fourth-order valence-electron chi connectivity index (χ4n) is 1.31. The van der Waals surface area contributed by atoms with Crippen LogP contribution in [0.5, 0.6) is 0 Å². The molecule has 108 valence electrons. The SMILES string of the molecule is COCCOCCNS(=O)(=O)c1ccc(N)cc1F. The van der Waals surface area contributed by atoms with E-state index in [0.717, 1.165) is 12.1 Å². The number of methoxy groups -OCH3 is 1. The lowest BCUT2D eigenvalue weighted by molar-refractivity contribution is 0.0736. The van der Waals surface area contributed by atoms with Crippen molar-refractivity contribution in [1.82, 2.24) is 4.72 Å². The number of halogens is 1. The Kier molecular flexibility index (Phi) is 6.16. The molecule has 0 aliphatic heterocycles. The van der Waals surface area contributed by atoms with Gasteiger partial charge in [-0.25, -0.2) is 17.5 Å². The molecule has 0 bridgehead atoms. The molecule has 3 N–H and O–H groups in total. The first kappa shape index (κ1) is 15.8. The molecule has 0 unspecified atom stereocenters. The lowest BCUT2D eigenvalue weighted by Gasteiger charge is -2.08. The number of nitrogens with one attached hydrogen (secondary N) is 1. The van der Waals surface area contributed by atoms with E-state index in [9.17, 15) is 12.8 Å². The van der Waals surface area contributed by atoms with E-state index in [2.05, 4.69) is 4.72 Å². The van der Waals surface area contributed by atoms with Crippen LogP contribution in [0.3, 0.4) is 0 Å². The second-order valence-corrected chi connectivity index (χ2v) is 5.43. The molecule has 0 aliphatic carbocycles. The highest BCUT2D eigenvalue weighted by Crippen LogP contribution is 2.16. The number of anilines is 1. The highest BCUT2D eigenvalue weighted by atomic mass is 32.2. The molecular weight excluding hydrogens is 275 g/mol. The molecule has 0 amide bonds. The zero-order valence-corrected chi connectivity index (χ0v) is 11.4. The number of hydrogen-bond acceptors (Lipinski definition) is 5. The number of rotatable bonds is 8. The standard InChI is InChI=1S/C11H17FN2O4S/c1-17-6-7-18-5-4-14-19(15,16)11-3-2-9(13)8-10(11)12/h2-3,8,14H,4-7,13H2,1H3. The molecule has 0 radical (unpaired) electrons. The Labute approximate surface area is 111 Å². The third-order valence-electron chi connectivity index (χ3n) is 2.22. The summed E-state index contributed by atoms with van der Waals surface area (Å²) in [6, 6.07) is 3.41. The highest BCUT2D eigenvalue weighted by molar-refractivity contribution is 7.89. The van der Waals surface area contributed by atoms with Crippen molar-refractivity contribution in [3.8, 4) is 0 Å². The van der Waals surface area contributed by atoms with Gasteiger partial charge in [-0.2, -0.15) is 0 Å². The summed E-state index contributed by atoms with van der Waals surface area (Å²) >= 11 is 0. The molecule has 0 aliphatic rings. The van der Waals surface area contributed by atoms with Crippen LogP contribution in [0.2, 0.25) is 0 Å². The minimum Gasteiger partial charge on any atom is -0.399 e. The van der Waals surface area contributed by atoms with E-state index >= 15 is 0 Å². The van der Waals surface area contributed by atoms with Crippen LogP contribution in [-0.4, -0.2) is 41.9 Å². The molecule has 0 fully saturated rings. The Balaban J connectivity index is 2.52. The van der Waals surface area contributed by atoms with Crippen molar-refractivity contribution in [3.05, 3.63) is 24.0 Å². The molecule has 0 aromatic heterocycles. The van der Waals surface area contributed by atoms with E-state index in [1.54, 1.807) is 0 Å². The van der Waals surface area contributed by atoms with E-state index in [1.165, 1.54) is 13.2 Å². The molecule has 0 saturated carbocycles. The van der Waals surface area contributed by atoms with E-state index in [1.807, 2.05) is 0 Å². The zero-order valence-electron chi connectivity index (χ0n) is 10.6. The zero-order chi connectivity index (χ0) is 14.3. The van der Waals surface area contributed by atoms with E-state index in [0.29, 0.717) is 13.2 Å². The molecular formula is C11H17FN2O4S. The monoisotopic (exact) mass is 292 g/mol. The van der Waals surface area contributed by atoms with Gasteiger partial charge in [0, 0.05) is 19.3 Å². The van der Waals surface area contributed by atoms with Crippen LogP contribution in [-0.2, 0) is 19.5 Å². The quantitative estimate of drug-likeness (QED) is 0.533. The van der Waals surface area contributed by atoms with Crippen molar-refractivity contribution in [2.75, 3.05) is 39.2 Å². The number of sulfonamides is 1. The maximum absolute atomic E-state index is 13.5. The highest BCUT2D eigenvalue weighted by Gasteiger charge is 2.18. The lowest BCUT2D eigenvalue weighted by atomic mass is 10.3. The number of hydrogen-bond donors (Lipinski definition) is 2. The molecule has 0 saturated heterocycles. The van der Waals surface area contributed by atoms with Gasteiger partial charge in [0.25, 0.3) is 0 Å². The van der Waals surface area contributed by atoms with Crippen LogP contribution in [0.4, 0.5) is 10.1 Å². The summed E-state index contributed by atoms with van der Waals surface area (Å²) < 4.78 is 49.1. The second kappa shape index (κ2) is 7.39. The van der Waals surface area contributed by atoms with Crippen molar-refractivity contribution in [2.24, 2.45) is 0 Å². The van der Waals surface area contributed by atoms with Crippen LogP contribution in [0.25, 0.3) is 0 Å². The molecule has 8 heteroatoms. The molecule has 6 nitrogen and oxygen atoms in total.